The van der Waals surface area contributed by atoms with Crippen LogP contribution in [0.25, 0.3) is 0 Å². The van der Waals surface area contributed by atoms with Crippen LogP contribution in [0.1, 0.15) is 37.8 Å². The van der Waals surface area contributed by atoms with Gasteiger partial charge in [-0.15, -0.1) is 0 Å². The zero-order valence-electron chi connectivity index (χ0n) is 17.2. The Morgan fingerprint density at radius 1 is 1.30 bits per heavy atom. The second kappa shape index (κ2) is 9.51. The molecule has 6 nitrogen and oxygen atoms in total. The third-order valence-corrected chi connectivity index (χ3v) is 7.56. The van der Waals surface area contributed by atoms with Crippen molar-refractivity contribution >= 4 is 16.1 Å². The first-order valence-electron chi connectivity index (χ1n) is 9.71. The molecule has 1 fully saturated rings. The SMILES string of the molecule is CCS(=O)(=O)N1CCC(C(C)N(C)C(=O)NCc2ccc(F)cc2C(F)(F)F)CC1. The predicted molar refractivity (Wildman–Crippen MR) is 105 cm³/mol. The van der Waals surface area contributed by atoms with Crippen molar-refractivity contribution in [3.05, 3.63) is 35.1 Å². The van der Waals surface area contributed by atoms with Gasteiger partial charge >= 0.3 is 12.2 Å². The first kappa shape index (κ1) is 24.4. The number of hydrogen-bond donors (Lipinski definition) is 1. The second-order valence-electron chi connectivity index (χ2n) is 7.45. The van der Waals surface area contributed by atoms with Gasteiger partial charge in [-0.3, -0.25) is 0 Å². The summed E-state index contributed by atoms with van der Waals surface area (Å²) in [5, 5.41) is 2.45. The maximum absolute atomic E-state index is 13.2. The summed E-state index contributed by atoms with van der Waals surface area (Å²) < 4.78 is 77.8. The van der Waals surface area contributed by atoms with Gasteiger partial charge in [0.25, 0.3) is 0 Å². The molecule has 2 amide bonds. The predicted octanol–water partition coefficient (Wildman–Crippen LogP) is 3.44. The molecule has 11 heteroatoms. The number of piperidine rings is 1. The van der Waals surface area contributed by atoms with Crippen LogP contribution in [0, 0.1) is 11.7 Å². The molecular weight excluding hydrogens is 426 g/mol. The van der Waals surface area contributed by atoms with Crippen molar-refractivity contribution in [2.24, 2.45) is 5.92 Å². The van der Waals surface area contributed by atoms with Crippen LogP contribution in [0.15, 0.2) is 18.2 Å². The number of nitrogens with zero attached hydrogens (tertiary/aromatic N) is 2. The molecule has 1 heterocycles. The van der Waals surface area contributed by atoms with Gasteiger partial charge in [-0.1, -0.05) is 6.07 Å². The van der Waals surface area contributed by atoms with Crippen LogP contribution < -0.4 is 5.32 Å². The van der Waals surface area contributed by atoms with E-state index in [0.717, 1.165) is 12.1 Å². The minimum atomic E-state index is -4.73. The van der Waals surface area contributed by atoms with E-state index in [1.54, 1.807) is 14.0 Å². The first-order valence-corrected chi connectivity index (χ1v) is 11.3. The van der Waals surface area contributed by atoms with Gasteiger partial charge in [0.05, 0.1) is 11.3 Å². The zero-order valence-corrected chi connectivity index (χ0v) is 18.0. The van der Waals surface area contributed by atoms with E-state index < -0.39 is 40.2 Å². The Labute approximate surface area is 174 Å². The molecule has 1 atom stereocenters. The van der Waals surface area contributed by atoms with E-state index in [-0.39, 0.29) is 23.3 Å². The van der Waals surface area contributed by atoms with Crippen molar-refractivity contribution in [1.82, 2.24) is 14.5 Å². The van der Waals surface area contributed by atoms with Gasteiger partial charge in [0.15, 0.2) is 0 Å². The van der Waals surface area contributed by atoms with E-state index in [0.29, 0.717) is 32.0 Å². The summed E-state index contributed by atoms with van der Waals surface area (Å²) in [6, 6.07) is 1.55. The molecule has 0 saturated carbocycles. The number of carbonyl (C=O) groups excluding carboxylic acids is 1. The van der Waals surface area contributed by atoms with Gasteiger partial charge in [-0.05, 0) is 50.3 Å². The number of nitrogens with one attached hydrogen (secondary N) is 1. The van der Waals surface area contributed by atoms with Gasteiger partial charge in [-0.25, -0.2) is 21.9 Å². The van der Waals surface area contributed by atoms with E-state index in [4.69, 9.17) is 0 Å². The molecular formula is C19H27F4N3O3S. The first-order chi connectivity index (χ1) is 13.9. The Hall–Kier alpha value is -1.88. The third kappa shape index (κ3) is 5.84. The van der Waals surface area contributed by atoms with E-state index in [1.165, 1.54) is 9.21 Å². The standard InChI is InChI=1S/C19H27F4N3O3S/c1-4-30(28,29)26-9-7-14(8-10-26)13(2)25(3)18(27)24-12-15-5-6-16(20)11-17(15)19(21,22)23/h5-6,11,13-14H,4,7-10,12H2,1-3H3,(H,24,27). The van der Waals surface area contributed by atoms with Crippen LogP contribution in [0.2, 0.25) is 0 Å². The van der Waals surface area contributed by atoms with Crippen molar-refractivity contribution in [2.75, 3.05) is 25.9 Å². The molecule has 0 spiro atoms. The lowest BCUT2D eigenvalue weighted by Crippen LogP contribution is -2.49. The molecule has 30 heavy (non-hydrogen) atoms. The van der Waals surface area contributed by atoms with E-state index in [2.05, 4.69) is 5.32 Å². The highest BCUT2D eigenvalue weighted by molar-refractivity contribution is 7.89. The Kier molecular flexibility index (Phi) is 7.73. The van der Waals surface area contributed by atoms with Crippen LogP contribution >= 0.6 is 0 Å². The van der Waals surface area contributed by atoms with Crippen molar-refractivity contribution in [2.45, 2.75) is 45.5 Å². The molecule has 170 valence electrons. The fourth-order valence-corrected chi connectivity index (χ4v) is 4.71. The molecule has 1 N–H and O–H groups in total. The van der Waals surface area contributed by atoms with Crippen molar-refractivity contribution in [1.29, 1.82) is 0 Å². The van der Waals surface area contributed by atoms with Gasteiger partial charge in [0.2, 0.25) is 10.0 Å². The molecule has 0 bridgehead atoms. The molecule has 1 aliphatic rings. The number of amides is 2. The van der Waals surface area contributed by atoms with E-state index >= 15 is 0 Å². The van der Waals surface area contributed by atoms with Crippen molar-refractivity contribution in [3.63, 3.8) is 0 Å². The van der Waals surface area contributed by atoms with Crippen molar-refractivity contribution in [3.8, 4) is 0 Å². The normalized spacial score (nSPS) is 17.6. The molecule has 0 radical (unpaired) electrons. The fraction of sp³-hybridized carbons (Fsp3) is 0.632. The van der Waals surface area contributed by atoms with Crippen LogP contribution in [0.4, 0.5) is 22.4 Å². The zero-order chi connectivity index (χ0) is 22.7. The summed E-state index contributed by atoms with van der Waals surface area (Å²) in [5.41, 5.74) is -1.35. The summed E-state index contributed by atoms with van der Waals surface area (Å²) in [6.07, 6.45) is -3.55. The van der Waals surface area contributed by atoms with Gasteiger partial charge < -0.3 is 10.2 Å². The van der Waals surface area contributed by atoms with E-state index in [1.807, 2.05) is 6.92 Å². The summed E-state index contributed by atoms with van der Waals surface area (Å²) in [6.45, 7) is 3.79. The highest BCUT2D eigenvalue weighted by Gasteiger charge is 2.34. The summed E-state index contributed by atoms with van der Waals surface area (Å²) >= 11 is 0. The largest absolute Gasteiger partial charge is 0.416 e. The highest BCUT2D eigenvalue weighted by atomic mass is 32.2. The monoisotopic (exact) mass is 453 g/mol. The number of benzene rings is 1. The number of urea groups is 1. The van der Waals surface area contributed by atoms with Crippen LogP contribution in [0.3, 0.4) is 0 Å². The summed E-state index contributed by atoms with van der Waals surface area (Å²) in [4.78, 5) is 13.9. The molecule has 1 aromatic rings. The summed E-state index contributed by atoms with van der Waals surface area (Å²) in [5.74, 6) is -0.890. The Balaban J connectivity index is 1.96. The Morgan fingerprint density at radius 2 is 1.90 bits per heavy atom. The lowest BCUT2D eigenvalue weighted by molar-refractivity contribution is -0.138. The average molecular weight is 454 g/mol. The topological polar surface area (TPSA) is 69.7 Å². The number of alkyl halides is 3. The number of rotatable bonds is 6. The molecule has 1 unspecified atom stereocenters. The van der Waals surface area contributed by atoms with E-state index in [9.17, 15) is 30.8 Å². The molecule has 1 aromatic carbocycles. The molecule has 2 rings (SSSR count). The number of halogens is 4. The fourth-order valence-electron chi connectivity index (χ4n) is 3.58. The van der Waals surface area contributed by atoms with Gasteiger partial charge in [-0.2, -0.15) is 13.2 Å². The average Bonchev–Trinajstić information content (AvgIpc) is 2.70. The molecule has 1 saturated heterocycles. The maximum Gasteiger partial charge on any atom is 0.416 e. The molecule has 0 aromatic heterocycles. The summed E-state index contributed by atoms with van der Waals surface area (Å²) in [7, 11) is -1.70. The van der Waals surface area contributed by atoms with Crippen LogP contribution in [-0.4, -0.2) is 55.6 Å². The number of sulfonamides is 1. The minimum Gasteiger partial charge on any atom is -0.334 e. The highest BCUT2D eigenvalue weighted by Crippen LogP contribution is 2.32. The van der Waals surface area contributed by atoms with Gasteiger partial charge in [0, 0.05) is 32.7 Å². The third-order valence-electron chi connectivity index (χ3n) is 5.68. The maximum atomic E-state index is 13.2. The second-order valence-corrected chi connectivity index (χ2v) is 9.70. The van der Waals surface area contributed by atoms with Crippen LogP contribution in [-0.2, 0) is 22.7 Å². The van der Waals surface area contributed by atoms with Crippen LogP contribution in [0.5, 0.6) is 0 Å². The molecule has 0 aliphatic carbocycles. The molecule has 1 aliphatic heterocycles. The van der Waals surface area contributed by atoms with Gasteiger partial charge in [0.1, 0.15) is 5.82 Å². The quantitative estimate of drug-likeness (QED) is 0.671. The Morgan fingerprint density at radius 3 is 2.43 bits per heavy atom. The Bertz CT molecular complexity index is 853. The lowest BCUT2D eigenvalue weighted by Gasteiger charge is -2.37. The minimum absolute atomic E-state index is 0.0405. The lowest BCUT2D eigenvalue weighted by atomic mass is 9.90. The smallest absolute Gasteiger partial charge is 0.334 e. The number of carbonyl (C=O) groups is 1. The van der Waals surface area contributed by atoms with Crippen molar-refractivity contribution < 1.29 is 30.8 Å². The number of hydrogen-bond acceptors (Lipinski definition) is 3.